The number of imidazole rings is 1. The van der Waals surface area contributed by atoms with Crippen molar-refractivity contribution < 1.29 is 24.3 Å². The molecule has 0 saturated carbocycles. The van der Waals surface area contributed by atoms with Gasteiger partial charge in [-0.2, -0.15) is 0 Å². The number of carbonyl (C=O) groups excluding carboxylic acids is 3. The van der Waals surface area contributed by atoms with Crippen molar-refractivity contribution in [1.29, 1.82) is 0 Å². The van der Waals surface area contributed by atoms with Crippen LogP contribution in [0.5, 0.6) is 0 Å². The molecule has 0 aliphatic heterocycles. The molecule has 0 radical (unpaired) electrons. The summed E-state index contributed by atoms with van der Waals surface area (Å²) < 4.78 is 0. The molecule has 13 N–H and O–H groups in total. The van der Waals surface area contributed by atoms with Crippen molar-refractivity contribution in [2.45, 2.75) is 56.3 Å². The second-order valence-corrected chi connectivity index (χ2v) is 12.0. The van der Waals surface area contributed by atoms with E-state index < -0.39 is 47.9 Å². The highest BCUT2D eigenvalue weighted by Gasteiger charge is 2.31. The van der Waals surface area contributed by atoms with Crippen LogP contribution in [0.25, 0.3) is 21.8 Å². The summed E-state index contributed by atoms with van der Waals surface area (Å²) in [7, 11) is 0. The van der Waals surface area contributed by atoms with Gasteiger partial charge in [-0.05, 0) is 42.5 Å². The largest absolute Gasteiger partial charge is 0.480 e. The summed E-state index contributed by atoms with van der Waals surface area (Å²) in [6.07, 6.45) is 7.06. The Balaban J connectivity index is 1.35. The molecular weight excluding hydrogens is 642 g/mol. The molecule has 0 aliphatic carbocycles. The minimum Gasteiger partial charge on any atom is -0.480 e. The lowest BCUT2D eigenvalue weighted by Gasteiger charge is -2.25. The molecule has 2 aromatic carbocycles. The lowest BCUT2D eigenvalue weighted by atomic mass is 10.0. The number of benzene rings is 2. The van der Waals surface area contributed by atoms with Crippen molar-refractivity contribution in [3.8, 4) is 0 Å². The number of nitrogens with two attached hydrogens (primary N) is 3. The summed E-state index contributed by atoms with van der Waals surface area (Å²) in [6, 6.07) is 10.4. The number of aromatic nitrogens is 4. The van der Waals surface area contributed by atoms with Crippen LogP contribution in [0.3, 0.4) is 0 Å². The first-order valence-corrected chi connectivity index (χ1v) is 16.1. The Morgan fingerprint density at radius 1 is 0.760 bits per heavy atom. The number of amides is 3. The number of rotatable bonds is 17. The number of aliphatic carboxylic acids is 1. The van der Waals surface area contributed by atoms with Gasteiger partial charge in [0.15, 0.2) is 5.96 Å². The molecule has 4 unspecified atom stereocenters. The number of H-pyrrole nitrogens is 3. The Morgan fingerprint density at radius 2 is 1.32 bits per heavy atom. The van der Waals surface area contributed by atoms with Gasteiger partial charge in [0.25, 0.3) is 0 Å². The van der Waals surface area contributed by atoms with E-state index in [4.69, 9.17) is 17.2 Å². The van der Waals surface area contributed by atoms with E-state index in [1.165, 1.54) is 12.5 Å². The second kappa shape index (κ2) is 16.3. The number of para-hydroxylation sites is 2. The molecule has 0 saturated heterocycles. The van der Waals surface area contributed by atoms with Gasteiger partial charge in [-0.25, -0.2) is 9.78 Å². The monoisotopic (exact) mass is 683 g/mol. The zero-order valence-electron chi connectivity index (χ0n) is 27.2. The normalized spacial score (nSPS) is 13.6. The Morgan fingerprint density at radius 3 is 1.90 bits per heavy atom. The van der Waals surface area contributed by atoms with E-state index in [0.717, 1.165) is 32.9 Å². The number of guanidine groups is 1. The van der Waals surface area contributed by atoms with Crippen LogP contribution in [-0.2, 0) is 38.4 Å². The fraction of sp³-hybridized carbons (Fsp3) is 0.294. The Hall–Kier alpha value is -6.16. The van der Waals surface area contributed by atoms with E-state index in [-0.39, 0.29) is 44.6 Å². The lowest BCUT2D eigenvalue weighted by Crippen LogP contribution is -2.58. The SMILES string of the molecule is NC(N)=NCCCC(NC(=O)C(Cc1c[nH]c2ccccc12)NC(=O)C(Cc1cnc[nH]1)NC(=O)C(N)Cc1c[nH]c2ccccc12)C(=O)O. The first kappa shape index (κ1) is 35.2. The predicted molar refractivity (Wildman–Crippen MR) is 188 cm³/mol. The number of aliphatic imine (C=N–C) groups is 1. The van der Waals surface area contributed by atoms with Gasteiger partial charge in [-0.15, -0.1) is 0 Å². The zero-order chi connectivity index (χ0) is 35.6. The maximum absolute atomic E-state index is 14.0. The van der Waals surface area contributed by atoms with Gasteiger partial charge < -0.3 is 53.2 Å². The lowest BCUT2D eigenvalue weighted by molar-refractivity contribution is -0.142. The molecule has 5 rings (SSSR count). The molecule has 16 heteroatoms. The Kier molecular flexibility index (Phi) is 11.5. The van der Waals surface area contributed by atoms with Crippen molar-refractivity contribution in [3.63, 3.8) is 0 Å². The molecule has 0 bridgehead atoms. The van der Waals surface area contributed by atoms with Crippen molar-refractivity contribution in [2.75, 3.05) is 6.54 Å². The number of carbonyl (C=O) groups is 4. The van der Waals surface area contributed by atoms with E-state index in [2.05, 4.69) is 40.9 Å². The van der Waals surface area contributed by atoms with E-state index in [9.17, 15) is 24.3 Å². The highest BCUT2D eigenvalue weighted by molar-refractivity contribution is 5.95. The summed E-state index contributed by atoms with van der Waals surface area (Å²) >= 11 is 0. The number of fused-ring (bicyclic) bond motifs is 2. The first-order chi connectivity index (χ1) is 24.1. The van der Waals surface area contributed by atoms with E-state index in [1.54, 1.807) is 12.4 Å². The third-order valence-electron chi connectivity index (χ3n) is 8.36. The van der Waals surface area contributed by atoms with Gasteiger partial charge in [-0.1, -0.05) is 36.4 Å². The fourth-order valence-electron chi connectivity index (χ4n) is 5.77. The smallest absolute Gasteiger partial charge is 0.326 e. The van der Waals surface area contributed by atoms with E-state index in [1.807, 2.05) is 48.5 Å². The molecule has 3 amide bonds. The summed E-state index contributed by atoms with van der Waals surface area (Å²) in [6.45, 7) is 0.176. The summed E-state index contributed by atoms with van der Waals surface area (Å²) in [5, 5.41) is 19.7. The van der Waals surface area contributed by atoms with Crippen molar-refractivity contribution >= 4 is 51.5 Å². The molecule has 0 aliphatic rings. The van der Waals surface area contributed by atoms with Gasteiger partial charge in [0.05, 0.1) is 12.4 Å². The first-order valence-electron chi connectivity index (χ1n) is 16.1. The van der Waals surface area contributed by atoms with E-state index in [0.29, 0.717) is 5.69 Å². The third kappa shape index (κ3) is 9.04. The van der Waals surface area contributed by atoms with Gasteiger partial charge >= 0.3 is 5.97 Å². The van der Waals surface area contributed by atoms with Crippen LogP contribution in [0.1, 0.15) is 29.7 Å². The second-order valence-electron chi connectivity index (χ2n) is 12.0. The summed E-state index contributed by atoms with van der Waals surface area (Å²) in [4.78, 5) is 70.4. The number of nitrogens with one attached hydrogen (secondary N) is 6. The van der Waals surface area contributed by atoms with Gasteiger partial charge in [0, 0.05) is 65.5 Å². The molecule has 16 nitrogen and oxygen atoms in total. The molecule has 0 fully saturated rings. The van der Waals surface area contributed by atoms with Crippen molar-refractivity contribution in [3.05, 3.63) is 90.3 Å². The fourth-order valence-corrected chi connectivity index (χ4v) is 5.77. The van der Waals surface area contributed by atoms with Crippen LogP contribution in [0.2, 0.25) is 0 Å². The molecule has 3 aromatic heterocycles. The average Bonchev–Trinajstić information content (AvgIpc) is 3.86. The minimum atomic E-state index is -1.28. The van der Waals surface area contributed by atoms with Gasteiger partial charge in [-0.3, -0.25) is 19.4 Å². The molecule has 5 aromatic rings. The number of hydrogen-bond donors (Lipinski definition) is 10. The predicted octanol–water partition coefficient (Wildman–Crippen LogP) is 0.320. The number of hydrogen-bond acceptors (Lipinski definition) is 7. The quantitative estimate of drug-likeness (QED) is 0.0367. The maximum atomic E-state index is 14.0. The Bertz CT molecular complexity index is 1960. The van der Waals surface area contributed by atoms with Crippen LogP contribution >= 0.6 is 0 Å². The number of nitrogens with zero attached hydrogens (tertiary/aromatic N) is 2. The molecule has 262 valence electrons. The van der Waals surface area contributed by atoms with Crippen LogP contribution in [0.4, 0.5) is 0 Å². The Labute approximate surface area is 286 Å². The summed E-state index contributed by atoms with van der Waals surface area (Å²) in [5.74, 6) is -3.35. The zero-order valence-corrected chi connectivity index (χ0v) is 27.2. The van der Waals surface area contributed by atoms with Crippen LogP contribution < -0.4 is 33.2 Å². The van der Waals surface area contributed by atoms with Crippen LogP contribution in [0.15, 0.2) is 78.4 Å². The standard InChI is InChI=1S/C34H41N11O5/c35-24(12-19-15-40-25-8-3-1-6-22(19)25)30(46)44-29(14-21-17-38-18-42-21)32(48)45-28(13-20-16-41-26-9-4-2-7-23(20)26)31(47)43-27(33(49)50)10-5-11-39-34(36)37/h1-4,6-9,15-18,24,27-29,40-41H,5,10-14,35H2,(H,38,42)(H,43,47)(H,44,46)(H,45,48)(H,49,50)(H4,36,37,39). The topological polar surface area (TPSA) is 275 Å². The van der Waals surface area contributed by atoms with Crippen molar-refractivity contribution in [1.82, 2.24) is 35.9 Å². The van der Waals surface area contributed by atoms with E-state index >= 15 is 0 Å². The molecular formula is C34H41N11O5. The molecule has 0 spiro atoms. The molecule has 50 heavy (non-hydrogen) atoms. The minimum absolute atomic E-state index is 0.0152. The summed E-state index contributed by atoms with van der Waals surface area (Å²) in [5.41, 5.74) is 20.9. The third-order valence-corrected chi connectivity index (χ3v) is 8.36. The number of aromatic amines is 3. The van der Waals surface area contributed by atoms with Crippen LogP contribution in [-0.4, -0.2) is 85.4 Å². The van der Waals surface area contributed by atoms with Gasteiger partial charge in [0.1, 0.15) is 18.1 Å². The highest BCUT2D eigenvalue weighted by atomic mass is 16.4. The number of carboxylic acid groups (broad SMARTS) is 1. The highest BCUT2D eigenvalue weighted by Crippen LogP contribution is 2.20. The molecule has 3 heterocycles. The number of carboxylic acids is 1. The average molecular weight is 684 g/mol. The molecule has 4 atom stereocenters. The van der Waals surface area contributed by atoms with Gasteiger partial charge in [0.2, 0.25) is 17.7 Å². The van der Waals surface area contributed by atoms with Crippen molar-refractivity contribution in [2.24, 2.45) is 22.2 Å². The maximum Gasteiger partial charge on any atom is 0.326 e. The van der Waals surface area contributed by atoms with Crippen LogP contribution in [0, 0.1) is 0 Å².